The van der Waals surface area contributed by atoms with Crippen LogP contribution in [-0.4, -0.2) is 25.0 Å². The first kappa shape index (κ1) is 11.7. The van der Waals surface area contributed by atoms with Crippen LogP contribution in [-0.2, 0) is 16.6 Å². The smallest absolute Gasteiger partial charge is 0.208 e. The standard InChI is InChI=1S/C11H13NO2S2/c1-2-16(13,14)12-7-8-15-11-6-4-3-5-10(11)9-12/h2-6H,1,7-9H2. The maximum atomic E-state index is 11.7. The van der Waals surface area contributed by atoms with Crippen molar-refractivity contribution in [1.29, 1.82) is 0 Å². The molecule has 86 valence electrons. The lowest BCUT2D eigenvalue weighted by Gasteiger charge is -2.17. The van der Waals surface area contributed by atoms with Crippen LogP contribution in [0.1, 0.15) is 5.56 Å². The molecule has 0 saturated carbocycles. The van der Waals surface area contributed by atoms with Gasteiger partial charge in [0.05, 0.1) is 0 Å². The van der Waals surface area contributed by atoms with E-state index in [-0.39, 0.29) is 0 Å². The number of hydrogen-bond acceptors (Lipinski definition) is 3. The summed E-state index contributed by atoms with van der Waals surface area (Å²) in [5.41, 5.74) is 1.07. The Balaban J connectivity index is 2.33. The number of benzene rings is 1. The average molecular weight is 255 g/mol. The Labute approximate surface area is 100 Å². The second-order valence-corrected chi connectivity index (χ2v) is 6.52. The lowest BCUT2D eigenvalue weighted by molar-refractivity contribution is 0.433. The van der Waals surface area contributed by atoms with Crippen molar-refractivity contribution >= 4 is 21.8 Å². The topological polar surface area (TPSA) is 37.4 Å². The Morgan fingerprint density at radius 3 is 2.88 bits per heavy atom. The minimum Gasteiger partial charge on any atom is -0.208 e. The third kappa shape index (κ3) is 2.31. The van der Waals surface area contributed by atoms with Crippen LogP contribution in [0, 0.1) is 0 Å². The molecule has 2 rings (SSSR count). The maximum absolute atomic E-state index is 11.7. The van der Waals surface area contributed by atoms with E-state index in [2.05, 4.69) is 6.58 Å². The summed E-state index contributed by atoms with van der Waals surface area (Å²) >= 11 is 1.70. The fourth-order valence-corrected chi connectivity index (χ4v) is 3.64. The molecule has 0 N–H and O–H groups in total. The summed E-state index contributed by atoms with van der Waals surface area (Å²) in [6.45, 7) is 4.34. The number of thioether (sulfide) groups is 1. The van der Waals surface area contributed by atoms with Gasteiger partial charge in [-0.2, -0.15) is 4.31 Å². The van der Waals surface area contributed by atoms with Gasteiger partial charge in [0.1, 0.15) is 0 Å². The third-order valence-electron chi connectivity index (χ3n) is 2.49. The molecule has 1 aromatic carbocycles. The third-order valence-corrected chi connectivity index (χ3v) is 5.04. The molecule has 16 heavy (non-hydrogen) atoms. The number of rotatable bonds is 2. The van der Waals surface area contributed by atoms with Gasteiger partial charge < -0.3 is 0 Å². The van der Waals surface area contributed by atoms with Gasteiger partial charge in [-0.1, -0.05) is 24.8 Å². The monoisotopic (exact) mass is 255 g/mol. The zero-order valence-corrected chi connectivity index (χ0v) is 10.4. The van der Waals surface area contributed by atoms with Gasteiger partial charge in [-0.3, -0.25) is 0 Å². The number of nitrogens with zero attached hydrogens (tertiary/aromatic N) is 1. The normalized spacial score (nSPS) is 17.5. The highest BCUT2D eigenvalue weighted by molar-refractivity contribution is 7.99. The molecule has 3 nitrogen and oxygen atoms in total. The molecular weight excluding hydrogens is 242 g/mol. The Hall–Kier alpha value is -0.780. The number of fused-ring (bicyclic) bond motifs is 1. The lowest BCUT2D eigenvalue weighted by atomic mass is 10.2. The molecule has 1 aliphatic heterocycles. The van der Waals surface area contributed by atoms with Crippen LogP contribution in [0.15, 0.2) is 41.1 Å². The molecular formula is C11H13NO2S2. The van der Waals surface area contributed by atoms with Gasteiger partial charge in [0.25, 0.3) is 0 Å². The van der Waals surface area contributed by atoms with E-state index in [1.54, 1.807) is 11.8 Å². The summed E-state index contributed by atoms with van der Waals surface area (Å²) in [7, 11) is -3.30. The van der Waals surface area contributed by atoms with Gasteiger partial charge in [-0.15, -0.1) is 11.8 Å². The molecule has 0 aliphatic carbocycles. The van der Waals surface area contributed by atoms with E-state index in [1.165, 1.54) is 9.20 Å². The molecule has 1 aliphatic rings. The number of hydrogen-bond donors (Lipinski definition) is 0. The lowest BCUT2D eigenvalue weighted by Crippen LogP contribution is -2.29. The van der Waals surface area contributed by atoms with Gasteiger partial charge in [-0.25, -0.2) is 8.42 Å². The largest absolute Gasteiger partial charge is 0.235 e. The first-order valence-corrected chi connectivity index (χ1v) is 7.45. The van der Waals surface area contributed by atoms with Crippen molar-refractivity contribution in [2.75, 3.05) is 12.3 Å². The highest BCUT2D eigenvalue weighted by Crippen LogP contribution is 2.28. The van der Waals surface area contributed by atoms with E-state index >= 15 is 0 Å². The summed E-state index contributed by atoms with van der Waals surface area (Å²) in [6, 6.07) is 7.91. The second kappa shape index (κ2) is 4.61. The Kier molecular flexibility index (Phi) is 3.37. The van der Waals surface area contributed by atoms with Crippen LogP contribution in [0.3, 0.4) is 0 Å². The predicted octanol–water partition coefficient (Wildman–Crippen LogP) is 2.07. The van der Waals surface area contributed by atoms with Crippen molar-refractivity contribution in [3.63, 3.8) is 0 Å². The second-order valence-electron chi connectivity index (χ2n) is 3.50. The van der Waals surface area contributed by atoms with Crippen molar-refractivity contribution in [2.24, 2.45) is 0 Å². The van der Waals surface area contributed by atoms with Gasteiger partial charge in [-0.05, 0) is 11.6 Å². The summed E-state index contributed by atoms with van der Waals surface area (Å²) in [5.74, 6) is 0.782. The fraction of sp³-hybridized carbons (Fsp3) is 0.273. The van der Waals surface area contributed by atoms with E-state index in [9.17, 15) is 8.42 Å². The number of sulfonamides is 1. The molecule has 1 heterocycles. The summed E-state index contributed by atoms with van der Waals surface area (Å²) in [4.78, 5) is 1.17. The minimum absolute atomic E-state index is 0.442. The van der Waals surface area contributed by atoms with Crippen LogP contribution in [0.4, 0.5) is 0 Å². The van der Waals surface area contributed by atoms with Crippen molar-refractivity contribution in [1.82, 2.24) is 4.31 Å². The molecule has 0 amide bonds. The molecule has 0 aromatic heterocycles. The molecule has 0 fully saturated rings. The molecule has 0 spiro atoms. The van der Waals surface area contributed by atoms with Gasteiger partial charge in [0.2, 0.25) is 10.0 Å². The van der Waals surface area contributed by atoms with Crippen LogP contribution in [0.5, 0.6) is 0 Å². The van der Waals surface area contributed by atoms with Gasteiger partial charge in [0.15, 0.2) is 0 Å². The molecule has 5 heteroatoms. The van der Waals surface area contributed by atoms with Crippen molar-refractivity contribution in [3.8, 4) is 0 Å². The van der Waals surface area contributed by atoms with Crippen LogP contribution >= 0.6 is 11.8 Å². The zero-order valence-electron chi connectivity index (χ0n) is 8.80. The predicted molar refractivity (Wildman–Crippen MR) is 66.7 cm³/mol. The molecule has 1 aromatic rings. The molecule has 0 radical (unpaired) electrons. The van der Waals surface area contributed by atoms with Crippen LogP contribution < -0.4 is 0 Å². The Morgan fingerprint density at radius 2 is 2.12 bits per heavy atom. The van der Waals surface area contributed by atoms with Crippen LogP contribution in [0.25, 0.3) is 0 Å². The van der Waals surface area contributed by atoms with E-state index < -0.39 is 10.0 Å². The van der Waals surface area contributed by atoms with E-state index in [0.717, 1.165) is 16.7 Å². The Bertz CT molecular complexity index is 496. The molecule has 0 unspecified atom stereocenters. The van der Waals surface area contributed by atoms with E-state index in [1.807, 2.05) is 24.3 Å². The fourth-order valence-electron chi connectivity index (χ4n) is 1.62. The van der Waals surface area contributed by atoms with Crippen LogP contribution in [0.2, 0.25) is 0 Å². The SMILES string of the molecule is C=CS(=O)(=O)N1CCSc2ccccc2C1. The summed E-state index contributed by atoms with van der Waals surface area (Å²) in [5, 5.41) is 1.02. The molecule has 0 bridgehead atoms. The molecule has 0 atom stereocenters. The summed E-state index contributed by atoms with van der Waals surface area (Å²) < 4.78 is 24.9. The van der Waals surface area contributed by atoms with Crippen molar-refractivity contribution in [2.45, 2.75) is 11.4 Å². The van der Waals surface area contributed by atoms with Gasteiger partial charge >= 0.3 is 0 Å². The van der Waals surface area contributed by atoms with Gasteiger partial charge in [0, 0.05) is 29.1 Å². The van der Waals surface area contributed by atoms with E-state index in [0.29, 0.717) is 13.1 Å². The summed E-state index contributed by atoms with van der Waals surface area (Å²) in [6.07, 6.45) is 0. The average Bonchev–Trinajstić information content (AvgIpc) is 2.51. The maximum Gasteiger partial charge on any atom is 0.235 e. The minimum atomic E-state index is -3.30. The van der Waals surface area contributed by atoms with Crippen molar-refractivity contribution in [3.05, 3.63) is 41.8 Å². The quantitative estimate of drug-likeness (QED) is 0.812. The Morgan fingerprint density at radius 1 is 1.38 bits per heavy atom. The molecule has 0 saturated heterocycles. The van der Waals surface area contributed by atoms with E-state index in [4.69, 9.17) is 0 Å². The van der Waals surface area contributed by atoms with Crippen molar-refractivity contribution < 1.29 is 8.42 Å². The zero-order chi connectivity index (χ0) is 11.6. The highest BCUT2D eigenvalue weighted by atomic mass is 32.2. The first-order chi connectivity index (χ1) is 7.63. The highest BCUT2D eigenvalue weighted by Gasteiger charge is 2.22. The first-order valence-electron chi connectivity index (χ1n) is 4.97.